The molecule has 0 bridgehead atoms. The van der Waals surface area contributed by atoms with Crippen LogP contribution in [0.3, 0.4) is 0 Å². The quantitative estimate of drug-likeness (QED) is 0.509. The zero-order valence-electron chi connectivity index (χ0n) is 21.9. The first-order chi connectivity index (χ1) is 18.5. The molecule has 2 aliphatic heterocycles. The molecule has 1 aromatic heterocycles. The maximum Gasteiger partial charge on any atom is 0.255 e. The predicted octanol–water partition coefficient (Wildman–Crippen LogP) is 5.33. The van der Waals surface area contributed by atoms with Crippen molar-refractivity contribution in [2.45, 2.75) is 45.1 Å². The molecular formula is C31H37FN4O2. The Kier molecular flexibility index (Phi) is 8.23. The number of piperidine rings is 1. The lowest BCUT2D eigenvalue weighted by molar-refractivity contribution is 0.0358. The molecule has 3 aromatic rings. The number of nitrogens with zero attached hydrogens (tertiary/aromatic N) is 3. The molecule has 0 atom stereocenters. The number of nitrogen functional groups attached to an aromatic ring is 1. The predicted molar refractivity (Wildman–Crippen MR) is 147 cm³/mol. The number of ether oxygens (including phenoxy) is 1. The van der Waals surface area contributed by atoms with Crippen LogP contribution in [0.1, 0.15) is 53.6 Å². The van der Waals surface area contributed by atoms with E-state index < -0.39 is 0 Å². The Hall–Kier alpha value is -3.45. The van der Waals surface area contributed by atoms with Crippen LogP contribution in [0, 0.1) is 11.2 Å². The summed E-state index contributed by atoms with van der Waals surface area (Å²) in [5.74, 6) is 1.21. The molecule has 1 saturated heterocycles. The molecule has 1 spiro atoms. The van der Waals surface area contributed by atoms with E-state index in [-0.39, 0.29) is 17.1 Å². The molecule has 2 aromatic carbocycles. The normalized spacial score (nSPS) is 18.6. The van der Waals surface area contributed by atoms with Crippen molar-refractivity contribution < 1.29 is 13.9 Å². The zero-order valence-corrected chi connectivity index (χ0v) is 21.9. The molecule has 0 unspecified atom stereocenters. The van der Waals surface area contributed by atoms with Crippen molar-refractivity contribution in [1.29, 1.82) is 0 Å². The molecule has 3 heterocycles. The van der Waals surface area contributed by atoms with Crippen molar-refractivity contribution >= 4 is 11.7 Å². The van der Waals surface area contributed by atoms with Crippen LogP contribution >= 0.6 is 0 Å². The third-order valence-corrected chi connectivity index (χ3v) is 8.10. The van der Waals surface area contributed by atoms with E-state index in [1.807, 2.05) is 29.2 Å². The Morgan fingerprint density at radius 2 is 1.76 bits per heavy atom. The van der Waals surface area contributed by atoms with Gasteiger partial charge < -0.3 is 15.4 Å². The van der Waals surface area contributed by atoms with Crippen LogP contribution < -0.4 is 10.5 Å². The lowest BCUT2D eigenvalue weighted by atomic mass is 9.73. The molecule has 5 rings (SSSR count). The molecule has 0 aliphatic carbocycles. The highest BCUT2D eigenvalue weighted by molar-refractivity contribution is 5.94. The van der Waals surface area contributed by atoms with Crippen molar-refractivity contribution in [2.75, 3.05) is 38.5 Å². The number of rotatable bonds is 3. The van der Waals surface area contributed by atoms with Crippen molar-refractivity contribution in [2.24, 2.45) is 5.41 Å². The van der Waals surface area contributed by atoms with Gasteiger partial charge in [-0.2, -0.15) is 0 Å². The first kappa shape index (κ1) is 26.2. The number of hydrogen-bond donors (Lipinski definition) is 1. The van der Waals surface area contributed by atoms with Gasteiger partial charge in [0.2, 0.25) is 0 Å². The van der Waals surface area contributed by atoms with Crippen molar-refractivity contribution in [3.8, 4) is 5.75 Å². The second kappa shape index (κ2) is 11.9. The molecule has 1 amide bonds. The maximum atomic E-state index is 14.6. The molecule has 0 saturated carbocycles. The number of aromatic nitrogens is 1. The van der Waals surface area contributed by atoms with Gasteiger partial charge in [-0.15, -0.1) is 0 Å². The third kappa shape index (κ3) is 6.33. The van der Waals surface area contributed by atoms with Gasteiger partial charge in [0.15, 0.2) is 0 Å². The number of benzene rings is 2. The monoisotopic (exact) mass is 516 g/mol. The minimum atomic E-state index is -0.170. The second-order valence-corrected chi connectivity index (χ2v) is 10.7. The number of nitrogens with two attached hydrogens (primary N) is 1. The first-order valence-electron chi connectivity index (χ1n) is 13.7. The number of aryl methyl sites for hydroxylation is 1. The van der Waals surface area contributed by atoms with E-state index in [1.54, 1.807) is 24.4 Å². The Morgan fingerprint density at radius 3 is 2.55 bits per heavy atom. The SMILES string of the molecule is Nc1ccc(C(=O)N2CCC3(CCCCc4ccccc4OCCN(Cc4ccccc4F)C3)CC2)cn1. The number of carbonyl (C=O) groups is 1. The maximum absolute atomic E-state index is 14.6. The van der Waals surface area contributed by atoms with E-state index in [0.717, 1.165) is 50.8 Å². The zero-order chi connectivity index (χ0) is 26.4. The number of pyridine rings is 1. The highest BCUT2D eigenvalue weighted by atomic mass is 19.1. The Bertz CT molecular complexity index is 1220. The number of anilines is 1. The number of fused-ring (bicyclic) bond motifs is 1. The smallest absolute Gasteiger partial charge is 0.255 e. The lowest BCUT2D eigenvalue weighted by Gasteiger charge is -2.45. The summed E-state index contributed by atoms with van der Waals surface area (Å²) in [7, 11) is 0. The number of halogens is 1. The Balaban J connectivity index is 1.34. The summed E-state index contributed by atoms with van der Waals surface area (Å²) < 4.78 is 20.9. The number of carbonyl (C=O) groups excluding carboxylic acids is 1. The van der Waals surface area contributed by atoms with Gasteiger partial charge >= 0.3 is 0 Å². The molecule has 1 fully saturated rings. The summed E-state index contributed by atoms with van der Waals surface area (Å²) in [5.41, 5.74) is 8.30. The molecule has 200 valence electrons. The average molecular weight is 517 g/mol. The lowest BCUT2D eigenvalue weighted by Crippen LogP contribution is -2.48. The summed E-state index contributed by atoms with van der Waals surface area (Å²) in [6, 6.07) is 18.8. The summed E-state index contributed by atoms with van der Waals surface area (Å²) in [6.45, 7) is 4.07. The fourth-order valence-corrected chi connectivity index (χ4v) is 5.89. The molecule has 38 heavy (non-hydrogen) atoms. The number of likely N-dealkylation sites (tertiary alicyclic amines) is 1. The van der Waals surface area contributed by atoms with E-state index in [2.05, 4.69) is 22.0 Å². The van der Waals surface area contributed by atoms with E-state index in [0.29, 0.717) is 49.7 Å². The Morgan fingerprint density at radius 1 is 0.974 bits per heavy atom. The van der Waals surface area contributed by atoms with Gasteiger partial charge in [0, 0.05) is 44.5 Å². The van der Waals surface area contributed by atoms with Gasteiger partial charge in [0.25, 0.3) is 5.91 Å². The van der Waals surface area contributed by atoms with Crippen molar-refractivity contribution in [1.82, 2.24) is 14.8 Å². The Labute approximate surface area is 224 Å². The minimum Gasteiger partial charge on any atom is -0.492 e. The van der Waals surface area contributed by atoms with Crippen LogP contribution in [0.4, 0.5) is 10.2 Å². The van der Waals surface area contributed by atoms with E-state index >= 15 is 0 Å². The molecule has 0 radical (unpaired) electrons. The molecule has 2 N–H and O–H groups in total. The van der Waals surface area contributed by atoms with Gasteiger partial charge in [-0.1, -0.05) is 42.8 Å². The van der Waals surface area contributed by atoms with Crippen LogP contribution in [-0.2, 0) is 13.0 Å². The van der Waals surface area contributed by atoms with Crippen LogP contribution in [0.25, 0.3) is 0 Å². The van der Waals surface area contributed by atoms with Crippen LogP contribution in [0.2, 0.25) is 0 Å². The average Bonchev–Trinajstić information content (AvgIpc) is 2.93. The number of amides is 1. The van der Waals surface area contributed by atoms with Crippen LogP contribution in [0.15, 0.2) is 66.9 Å². The van der Waals surface area contributed by atoms with Gasteiger partial charge in [0.1, 0.15) is 24.0 Å². The first-order valence-corrected chi connectivity index (χ1v) is 13.7. The van der Waals surface area contributed by atoms with Crippen molar-refractivity contribution in [3.05, 3.63) is 89.4 Å². The molecule has 2 aliphatic rings. The van der Waals surface area contributed by atoms with Gasteiger partial charge in [0.05, 0.1) is 5.56 Å². The number of para-hydroxylation sites is 1. The van der Waals surface area contributed by atoms with Crippen LogP contribution in [-0.4, -0.2) is 53.5 Å². The summed E-state index contributed by atoms with van der Waals surface area (Å²) in [5, 5.41) is 0. The standard InChI is InChI=1S/C31H37FN4O2/c32-27-10-3-1-9-26(27)22-35-19-20-38-28-11-4-2-7-24(28)8-5-6-14-31(23-35)15-17-36(18-16-31)30(37)25-12-13-29(33)34-21-25/h1-4,7,9-13,21H,5-6,8,14-20,22-23H2,(H2,33,34). The third-order valence-electron chi connectivity index (χ3n) is 8.10. The fraction of sp³-hybridized carbons (Fsp3) is 0.419. The molecule has 6 nitrogen and oxygen atoms in total. The summed E-state index contributed by atoms with van der Waals surface area (Å²) >= 11 is 0. The van der Waals surface area contributed by atoms with Gasteiger partial charge in [-0.3, -0.25) is 9.69 Å². The number of hydrogen-bond acceptors (Lipinski definition) is 5. The minimum absolute atomic E-state index is 0.00808. The van der Waals surface area contributed by atoms with E-state index in [4.69, 9.17) is 10.5 Å². The van der Waals surface area contributed by atoms with Crippen LogP contribution in [0.5, 0.6) is 5.75 Å². The molecule has 7 heteroatoms. The molecular weight excluding hydrogens is 479 g/mol. The highest BCUT2D eigenvalue weighted by Gasteiger charge is 2.37. The van der Waals surface area contributed by atoms with Gasteiger partial charge in [-0.05, 0) is 67.3 Å². The van der Waals surface area contributed by atoms with E-state index in [1.165, 1.54) is 11.6 Å². The van der Waals surface area contributed by atoms with Crippen molar-refractivity contribution in [3.63, 3.8) is 0 Å². The highest BCUT2D eigenvalue weighted by Crippen LogP contribution is 2.39. The fourth-order valence-electron chi connectivity index (χ4n) is 5.89. The van der Waals surface area contributed by atoms with Gasteiger partial charge in [-0.25, -0.2) is 9.37 Å². The largest absolute Gasteiger partial charge is 0.492 e. The summed E-state index contributed by atoms with van der Waals surface area (Å²) in [6.07, 6.45) is 7.70. The topological polar surface area (TPSA) is 71.7 Å². The summed E-state index contributed by atoms with van der Waals surface area (Å²) in [4.78, 5) is 21.5. The van der Waals surface area contributed by atoms with E-state index in [9.17, 15) is 9.18 Å². The second-order valence-electron chi connectivity index (χ2n) is 10.7.